The van der Waals surface area contributed by atoms with Crippen LogP contribution < -0.4 is 5.32 Å². The van der Waals surface area contributed by atoms with Crippen molar-refractivity contribution in [2.24, 2.45) is 0 Å². The van der Waals surface area contributed by atoms with Crippen molar-refractivity contribution in [1.82, 2.24) is 15.3 Å². The van der Waals surface area contributed by atoms with Gasteiger partial charge in [0.15, 0.2) is 0 Å². The van der Waals surface area contributed by atoms with E-state index < -0.39 is 36.4 Å². The molecule has 2 aromatic heterocycles. The average Bonchev–Trinajstić information content (AvgIpc) is 2.93. The van der Waals surface area contributed by atoms with E-state index in [0.29, 0.717) is 5.69 Å². The number of furan rings is 1. The SMILES string of the molecule is Cc1cnc(C(=O)NCCC(O)(c2ccc(C)o2)C(F)(F)F)cn1. The summed E-state index contributed by atoms with van der Waals surface area (Å²) in [5.41, 5.74) is -2.61. The molecular weight excluding hydrogens is 327 g/mol. The molecule has 24 heavy (non-hydrogen) atoms. The highest BCUT2D eigenvalue weighted by atomic mass is 19.4. The molecule has 0 saturated carbocycles. The summed E-state index contributed by atoms with van der Waals surface area (Å²) in [4.78, 5) is 19.5. The Morgan fingerprint density at radius 3 is 2.46 bits per heavy atom. The lowest BCUT2D eigenvalue weighted by atomic mass is 9.95. The van der Waals surface area contributed by atoms with Crippen LogP contribution in [0, 0.1) is 13.8 Å². The molecular formula is C15H16F3N3O3. The van der Waals surface area contributed by atoms with Crippen LogP contribution in [0.2, 0.25) is 0 Å². The van der Waals surface area contributed by atoms with Crippen molar-refractivity contribution in [3.63, 3.8) is 0 Å². The van der Waals surface area contributed by atoms with E-state index in [4.69, 9.17) is 4.42 Å². The summed E-state index contributed by atoms with van der Waals surface area (Å²) in [7, 11) is 0. The first-order valence-corrected chi connectivity index (χ1v) is 7.06. The summed E-state index contributed by atoms with van der Waals surface area (Å²) in [6.07, 6.45) is -3.16. The van der Waals surface area contributed by atoms with Gasteiger partial charge in [0.2, 0.25) is 5.60 Å². The Morgan fingerprint density at radius 2 is 1.96 bits per heavy atom. The van der Waals surface area contributed by atoms with Crippen LogP contribution in [0.1, 0.15) is 34.1 Å². The Kier molecular flexibility index (Phi) is 4.93. The molecule has 2 N–H and O–H groups in total. The number of hydrogen-bond donors (Lipinski definition) is 2. The summed E-state index contributed by atoms with van der Waals surface area (Å²) in [5.74, 6) is -1.05. The minimum Gasteiger partial charge on any atom is -0.463 e. The molecule has 2 heterocycles. The minimum atomic E-state index is -4.95. The number of amides is 1. The Hall–Kier alpha value is -2.42. The van der Waals surface area contributed by atoms with E-state index in [9.17, 15) is 23.1 Å². The fourth-order valence-corrected chi connectivity index (χ4v) is 2.02. The average molecular weight is 343 g/mol. The van der Waals surface area contributed by atoms with Gasteiger partial charge in [0, 0.05) is 19.2 Å². The van der Waals surface area contributed by atoms with Gasteiger partial charge < -0.3 is 14.8 Å². The third kappa shape index (κ3) is 3.73. The van der Waals surface area contributed by atoms with Crippen molar-refractivity contribution < 1.29 is 27.5 Å². The van der Waals surface area contributed by atoms with Gasteiger partial charge >= 0.3 is 6.18 Å². The molecule has 0 aliphatic heterocycles. The highest BCUT2D eigenvalue weighted by Gasteiger charge is 2.56. The summed E-state index contributed by atoms with van der Waals surface area (Å²) in [5, 5.41) is 12.3. The van der Waals surface area contributed by atoms with E-state index in [-0.39, 0.29) is 11.5 Å². The maximum Gasteiger partial charge on any atom is 0.424 e. The van der Waals surface area contributed by atoms with E-state index >= 15 is 0 Å². The number of aryl methyl sites for hydroxylation is 2. The van der Waals surface area contributed by atoms with Gasteiger partial charge in [-0.15, -0.1) is 0 Å². The van der Waals surface area contributed by atoms with Crippen molar-refractivity contribution >= 4 is 5.91 Å². The largest absolute Gasteiger partial charge is 0.463 e. The van der Waals surface area contributed by atoms with Gasteiger partial charge in [0.05, 0.1) is 11.9 Å². The molecule has 0 aliphatic carbocycles. The molecule has 0 bridgehead atoms. The van der Waals surface area contributed by atoms with Gasteiger partial charge in [-0.1, -0.05) is 0 Å². The number of rotatable bonds is 5. The lowest BCUT2D eigenvalue weighted by Gasteiger charge is -2.28. The van der Waals surface area contributed by atoms with Crippen molar-refractivity contribution in [1.29, 1.82) is 0 Å². The van der Waals surface area contributed by atoms with Gasteiger partial charge in [-0.05, 0) is 26.0 Å². The second kappa shape index (κ2) is 6.60. The number of alkyl halides is 3. The van der Waals surface area contributed by atoms with Crippen LogP contribution in [0.4, 0.5) is 13.2 Å². The van der Waals surface area contributed by atoms with Crippen LogP contribution in [-0.4, -0.2) is 33.7 Å². The number of halogens is 3. The zero-order valence-electron chi connectivity index (χ0n) is 13.0. The fourth-order valence-electron chi connectivity index (χ4n) is 2.02. The van der Waals surface area contributed by atoms with E-state index in [1.807, 2.05) is 0 Å². The molecule has 2 aromatic rings. The molecule has 0 saturated heterocycles. The van der Waals surface area contributed by atoms with Crippen LogP contribution in [-0.2, 0) is 5.60 Å². The zero-order chi connectivity index (χ0) is 18.0. The molecule has 6 nitrogen and oxygen atoms in total. The van der Waals surface area contributed by atoms with Crippen molar-refractivity contribution in [3.8, 4) is 0 Å². The predicted octanol–water partition coefficient (Wildman–Crippen LogP) is 2.26. The van der Waals surface area contributed by atoms with Crippen molar-refractivity contribution in [3.05, 3.63) is 47.4 Å². The molecule has 0 aromatic carbocycles. The van der Waals surface area contributed by atoms with E-state index in [2.05, 4.69) is 15.3 Å². The highest BCUT2D eigenvalue weighted by Crippen LogP contribution is 2.41. The second-order valence-electron chi connectivity index (χ2n) is 5.32. The Morgan fingerprint density at radius 1 is 1.25 bits per heavy atom. The van der Waals surface area contributed by atoms with Crippen molar-refractivity contribution in [2.75, 3.05) is 6.54 Å². The van der Waals surface area contributed by atoms with Crippen LogP contribution >= 0.6 is 0 Å². The normalized spacial score (nSPS) is 14.2. The Labute approximate surface area is 135 Å². The maximum absolute atomic E-state index is 13.2. The van der Waals surface area contributed by atoms with Gasteiger partial charge in [-0.25, -0.2) is 4.98 Å². The molecule has 0 radical (unpaired) electrons. The number of aromatic nitrogens is 2. The predicted molar refractivity (Wildman–Crippen MR) is 77.1 cm³/mol. The topological polar surface area (TPSA) is 88.2 Å². The quantitative estimate of drug-likeness (QED) is 0.869. The zero-order valence-corrected chi connectivity index (χ0v) is 13.0. The van der Waals surface area contributed by atoms with E-state index in [0.717, 1.165) is 6.07 Å². The number of carbonyl (C=O) groups is 1. The maximum atomic E-state index is 13.2. The van der Waals surface area contributed by atoms with Crippen LogP contribution in [0.3, 0.4) is 0 Å². The fraction of sp³-hybridized carbons (Fsp3) is 0.400. The molecule has 130 valence electrons. The first-order valence-electron chi connectivity index (χ1n) is 7.06. The Balaban J connectivity index is 2.06. The number of carbonyl (C=O) groups excluding carboxylic acids is 1. The molecule has 0 spiro atoms. The minimum absolute atomic E-state index is 0.0232. The second-order valence-corrected chi connectivity index (χ2v) is 5.32. The Bertz CT molecular complexity index is 713. The van der Waals surface area contributed by atoms with Crippen LogP contribution in [0.15, 0.2) is 28.9 Å². The summed E-state index contributed by atoms with van der Waals surface area (Å²) < 4.78 is 44.7. The molecule has 1 atom stereocenters. The third-order valence-electron chi connectivity index (χ3n) is 3.40. The van der Waals surface area contributed by atoms with Crippen molar-refractivity contribution in [2.45, 2.75) is 32.0 Å². The van der Waals surface area contributed by atoms with Gasteiger partial charge in [-0.3, -0.25) is 9.78 Å². The van der Waals surface area contributed by atoms with E-state index in [1.165, 1.54) is 25.4 Å². The molecule has 2 rings (SSSR count). The molecule has 9 heteroatoms. The smallest absolute Gasteiger partial charge is 0.424 e. The van der Waals surface area contributed by atoms with Gasteiger partial charge in [-0.2, -0.15) is 13.2 Å². The summed E-state index contributed by atoms with van der Waals surface area (Å²) >= 11 is 0. The molecule has 1 amide bonds. The summed E-state index contributed by atoms with van der Waals surface area (Å²) in [6.45, 7) is 2.73. The molecule has 0 fully saturated rings. The standard InChI is InChI=1S/C15H16F3N3O3/c1-9-7-21-11(8-20-9)13(22)19-6-5-14(23,15(16,17)18)12-4-3-10(2)24-12/h3-4,7-8,23H,5-6H2,1-2H3,(H,19,22). The first-order chi connectivity index (χ1) is 11.1. The molecule has 0 aliphatic rings. The monoisotopic (exact) mass is 343 g/mol. The van der Waals surface area contributed by atoms with E-state index in [1.54, 1.807) is 6.92 Å². The van der Waals surface area contributed by atoms with Gasteiger partial charge in [0.1, 0.15) is 17.2 Å². The highest BCUT2D eigenvalue weighted by molar-refractivity contribution is 5.91. The van der Waals surface area contributed by atoms with Crippen LogP contribution in [0.5, 0.6) is 0 Å². The number of aliphatic hydroxyl groups is 1. The third-order valence-corrected chi connectivity index (χ3v) is 3.40. The first kappa shape index (κ1) is 17.9. The number of nitrogens with zero attached hydrogens (tertiary/aromatic N) is 2. The van der Waals surface area contributed by atoms with Crippen LogP contribution in [0.25, 0.3) is 0 Å². The molecule has 1 unspecified atom stereocenters. The van der Waals surface area contributed by atoms with Gasteiger partial charge in [0.25, 0.3) is 5.91 Å². The number of hydrogen-bond acceptors (Lipinski definition) is 5. The number of nitrogens with one attached hydrogen (secondary N) is 1. The summed E-state index contributed by atoms with van der Waals surface area (Å²) in [6, 6.07) is 2.39. The lowest BCUT2D eigenvalue weighted by Crippen LogP contribution is -2.44. The lowest BCUT2D eigenvalue weighted by molar-refractivity contribution is -0.274.